The summed E-state index contributed by atoms with van der Waals surface area (Å²) in [7, 11) is 0. The molecular formula is C10H14F3NOS2. The molecule has 1 aliphatic rings. The Hall–Kier alpha value is -0.140. The first-order chi connectivity index (χ1) is 7.85. The molecule has 1 rings (SSSR count). The van der Waals surface area contributed by atoms with Crippen molar-refractivity contribution in [3.05, 3.63) is 12.3 Å². The van der Waals surface area contributed by atoms with Crippen LogP contribution in [0.1, 0.15) is 20.3 Å². The molecule has 0 saturated carbocycles. The fourth-order valence-electron chi connectivity index (χ4n) is 1.37. The van der Waals surface area contributed by atoms with Gasteiger partial charge in [-0.1, -0.05) is 37.4 Å². The van der Waals surface area contributed by atoms with Crippen LogP contribution >= 0.6 is 23.5 Å². The lowest BCUT2D eigenvalue weighted by Crippen LogP contribution is -2.52. The minimum atomic E-state index is -4.64. The van der Waals surface area contributed by atoms with Gasteiger partial charge in [-0.15, -0.1) is 0 Å². The highest BCUT2D eigenvalue weighted by Gasteiger charge is 2.57. The molecule has 1 heterocycles. The van der Waals surface area contributed by atoms with Crippen LogP contribution in [0.4, 0.5) is 13.2 Å². The molecular weight excluding hydrogens is 271 g/mol. The van der Waals surface area contributed by atoms with Crippen molar-refractivity contribution in [3.63, 3.8) is 0 Å². The molecule has 1 aliphatic heterocycles. The number of hydrogen-bond donors (Lipinski definition) is 1. The summed E-state index contributed by atoms with van der Waals surface area (Å²) in [6, 6.07) is 0. The van der Waals surface area contributed by atoms with Gasteiger partial charge in [0.25, 0.3) is 0 Å². The van der Waals surface area contributed by atoms with Gasteiger partial charge in [0.1, 0.15) is 4.38 Å². The molecule has 2 atom stereocenters. The number of aliphatic hydroxyl groups is 1. The summed E-state index contributed by atoms with van der Waals surface area (Å²) in [5.41, 5.74) is -2.69. The standard InChI is InChI=1S/C10H14F3NOS2/c1-3-9(15,10(11,12)13)7-5-6-14-8(17-7)16-4-2/h5-7,15H,3-4H2,1-2H3. The van der Waals surface area contributed by atoms with E-state index in [1.54, 1.807) is 0 Å². The third-order valence-electron chi connectivity index (χ3n) is 2.44. The molecule has 0 aromatic carbocycles. The zero-order chi connectivity index (χ0) is 13.1. The molecule has 0 aromatic heterocycles. The fourth-order valence-corrected chi connectivity index (χ4v) is 3.68. The Kier molecular flexibility index (Phi) is 4.97. The molecule has 0 aliphatic carbocycles. The van der Waals surface area contributed by atoms with Crippen molar-refractivity contribution in [3.8, 4) is 0 Å². The van der Waals surface area contributed by atoms with Crippen molar-refractivity contribution < 1.29 is 18.3 Å². The lowest BCUT2D eigenvalue weighted by atomic mass is 9.95. The van der Waals surface area contributed by atoms with Gasteiger partial charge in [0, 0.05) is 6.20 Å². The van der Waals surface area contributed by atoms with E-state index in [0.717, 1.165) is 17.5 Å². The highest BCUT2D eigenvalue weighted by Crippen LogP contribution is 2.43. The van der Waals surface area contributed by atoms with E-state index in [1.807, 2.05) is 6.92 Å². The summed E-state index contributed by atoms with van der Waals surface area (Å²) in [6.45, 7) is 3.23. The predicted molar refractivity (Wildman–Crippen MR) is 67.4 cm³/mol. The largest absolute Gasteiger partial charge is 0.418 e. The second kappa shape index (κ2) is 5.67. The third kappa shape index (κ3) is 3.20. The normalized spacial score (nSPS) is 24.4. The Morgan fingerprint density at radius 3 is 2.59 bits per heavy atom. The zero-order valence-electron chi connectivity index (χ0n) is 9.49. The molecule has 2 unspecified atom stereocenters. The first-order valence-corrected chi connectivity index (χ1v) is 7.04. The van der Waals surface area contributed by atoms with Crippen LogP contribution < -0.4 is 0 Å². The molecule has 17 heavy (non-hydrogen) atoms. The first-order valence-electron chi connectivity index (χ1n) is 5.18. The quantitative estimate of drug-likeness (QED) is 0.862. The second-order valence-electron chi connectivity index (χ2n) is 3.48. The van der Waals surface area contributed by atoms with Crippen LogP contribution in [0.15, 0.2) is 17.3 Å². The van der Waals surface area contributed by atoms with E-state index < -0.39 is 17.0 Å². The predicted octanol–water partition coefficient (Wildman–Crippen LogP) is 3.43. The number of alkyl halides is 3. The first kappa shape index (κ1) is 14.9. The van der Waals surface area contributed by atoms with Crippen LogP contribution in [-0.4, -0.2) is 32.3 Å². The van der Waals surface area contributed by atoms with E-state index >= 15 is 0 Å². The number of hydrogen-bond acceptors (Lipinski definition) is 4. The Morgan fingerprint density at radius 1 is 1.47 bits per heavy atom. The lowest BCUT2D eigenvalue weighted by Gasteiger charge is -2.35. The van der Waals surface area contributed by atoms with Gasteiger partial charge in [0.15, 0.2) is 5.60 Å². The van der Waals surface area contributed by atoms with Gasteiger partial charge in [0.2, 0.25) is 0 Å². The molecule has 98 valence electrons. The maximum atomic E-state index is 12.9. The molecule has 0 amide bonds. The van der Waals surface area contributed by atoms with E-state index in [4.69, 9.17) is 0 Å². The fraction of sp³-hybridized carbons (Fsp3) is 0.700. The lowest BCUT2D eigenvalue weighted by molar-refractivity contribution is -0.257. The monoisotopic (exact) mass is 285 g/mol. The van der Waals surface area contributed by atoms with Crippen molar-refractivity contribution in [1.29, 1.82) is 0 Å². The van der Waals surface area contributed by atoms with Gasteiger partial charge in [-0.3, -0.25) is 0 Å². The summed E-state index contributed by atoms with van der Waals surface area (Å²) in [6.07, 6.45) is -2.36. The Balaban J connectivity index is 2.87. The highest BCUT2D eigenvalue weighted by molar-refractivity contribution is 8.39. The van der Waals surface area contributed by atoms with Crippen LogP contribution in [0, 0.1) is 0 Å². The maximum absolute atomic E-state index is 12.9. The average molecular weight is 285 g/mol. The van der Waals surface area contributed by atoms with Crippen LogP contribution in [0.25, 0.3) is 0 Å². The minimum absolute atomic E-state index is 0.372. The topological polar surface area (TPSA) is 32.6 Å². The Bertz CT molecular complexity index is 330. The molecule has 2 nitrogen and oxygen atoms in total. The van der Waals surface area contributed by atoms with Crippen molar-refractivity contribution >= 4 is 27.9 Å². The summed E-state index contributed by atoms with van der Waals surface area (Å²) in [5.74, 6) is 0.739. The van der Waals surface area contributed by atoms with Crippen LogP contribution in [0.3, 0.4) is 0 Å². The van der Waals surface area contributed by atoms with Crippen molar-refractivity contribution in [2.75, 3.05) is 5.75 Å². The molecule has 1 N–H and O–H groups in total. The summed E-state index contributed by atoms with van der Waals surface area (Å²) in [4.78, 5) is 3.98. The third-order valence-corrected chi connectivity index (χ3v) is 4.83. The van der Waals surface area contributed by atoms with Crippen LogP contribution in [0.2, 0.25) is 0 Å². The van der Waals surface area contributed by atoms with Gasteiger partial charge in [-0.05, 0) is 18.2 Å². The summed E-state index contributed by atoms with van der Waals surface area (Å²) >= 11 is 2.35. The van der Waals surface area contributed by atoms with E-state index in [9.17, 15) is 18.3 Å². The number of thioether (sulfide) groups is 2. The summed E-state index contributed by atoms with van der Waals surface area (Å²) < 4.78 is 39.1. The van der Waals surface area contributed by atoms with Gasteiger partial charge in [-0.25, -0.2) is 4.99 Å². The molecule has 0 fully saturated rings. The van der Waals surface area contributed by atoms with Gasteiger partial charge in [-0.2, -0.15) is 13.2 Å². The second-order valence-corrected chi connectivity index (χ2v) is 6.12. The number of nitrogens with zero attached hydrogens (tertiary/aromatic N) is 1. The van der Waals surface area contributed by atoms with Crippen molar-refractivity contribution in [2.45, 2.75) is 37.3 Å². The molecule has 0 bridgehead atoms. The Labute approximate surface area is 107 Å². The van der Waals surface area contributed by atoms with Gasteiger partial charge in [0.05, 0.1) is 5.25 Å². The zero-order valence-corrected chi connectivity index (χ0v) is 11.1. The molecule has 7 heteroatoms. The smallest absolute Gasteiger partial charge is 0.379 e. The SMILES string of the molecule is CCSC1=NC=CC(C(O)(CC)C(F)(F)F)S1. The average Bonchev–Trinajstić information content (AvgIpc) is 2.27. The molecule has 0 saturated heterocycles. The van der Waals surface area contributed by atoms with Crippen molar-refractivity contribution in [1.82, 2.24) is 0 Å². The summed E-state index contributed by atoms with van der Waals surface area (Å²) in [5, 5.41) is 8.78. The van der Waals surface area contributed by atoms with E-state index in [1.165, 1.54) is 31.0 Å². The molecule has 0 radical (unpaired) electrons. The maximum Gasteiger partial charge on any atom is 0.418 e. The number of halogens is 3. The molecule has 0 spiro atoms. The highest BCUT2D eigenvalue weighted by atomic mass is 32.2. The minimum Gasteiger partial charge on any atom is -0.379 e. The van der Waals surface area contributed by atoms with E-state index in [-0.39, 0.29) is 6.42 Å². The van der Waals surface area contributed by atoms with E-state index in [0.29, 0.717) is 4.38 Å². The molecule has 0 aromatic rings. The number of rotatable bonds is 3. The van der Waals surface area contributed by atoms with Crippen LogP contribution in [-0.2, 0) is 0 Å². The van der Waals surface area contributed by atoms with E-state index in [2.05, 4.69) is 4.99 Å². The van der Waals surface area contributed by atoms with Gasteiger partial charge < -0.3 is 5.11 Å². The van der Waals surface area contributed by atoms with Gasteiger partial charge >= 0.3 is 6.18 Å². The van der Waals surface area contributed by atoms with Crippen LogP contribution in [0.5, 0.6) is 0 Å². The Morgan fingerprint density at radius 2 is 2.12 bits per heavy atom. The number of aliphatic imine (C=N–C) groups is 1. The van der Waals surface area contributed by atoms with Crippen molar-refractivity contribution in [2.24, 2.45) is 4.99 Å².